The number of carbonyl (C=O) groups excluding carboxylic acids is 2. The predicted octanol–water partition coefficient (Wildman–Crippen LogP) is 1.28. The number of hydrogen-bond acceptors (Lipinski definition) is 3. The molecule has 0 aromatic rings. The van der Waals surface area contributed by atoms with Crippen LogP contribution in [0.2, 0.25) is 0 Å². The van der Waals surface area contributed by atoms with Gasteiger partial charge in [-0.1, -0.05) is 19.3 Å². The first-order valence-electron chi connectivity index (χ1n) is 8.38. The van der Waals surface area contributed by atoms with E-state index in [1.54, 1.807) is 0 Å². The van der Waals surface area contributed by atoms with Gasteiger partial charge in [0.25, 0.3) is 0 Å². The first-order valence-corrected chi connectivity index (χ1v) is 8.38. The van der Waals surface area contributed by atoms with Gasteiger partial charge in [-0.25, -0.2) is 0 Å². The highest BCUT2D eigenvalue weighted by atomic mass is 16.2. The molecule has 21 heavy (non-hydrogen) atoms. The largest absolute Gasteiger partial charge is 0.353 e. The van der Waals surface area contributed by atoms with Gasteiger partial charge in [0.15, 0.2) is 0 Å². The molecule has 2 N–H and O–H groups in total. The van der Waals surface area contributed by atoms with Gasteiger partial charge in [-0.05, 0) is 26.7 Å². The lowest BCUT2D eigenvalue weighted by molar-refractivity contribution is -0.133. The molecule has 1 saturated carbocycles. The van der Waals surface area contributed by atoms with E-state index in [9.17, 15) is 9.59 Å². The first-order chi connectivity index (χ1) is 10.1. The van der Waals surface area contributed by atoms with Crippen molar-refractivity contribution in [2.24, 2.45) is 5.92 Å². The normalized spacial score (nSPS) is 25.4. The lowest BCUT2D eigenvalue weighted by atomic mass is 9.88. The average Bonchev–Trinajstić information content (AvgIpc) is 2.48. The maximum absolute atomic E-state index is 12.3. The number of nitrogens with one attached hydrogen (secondary N) is 2. The number of amides is 2. The summed E-state index contributed by atoms with van der Waals surface area (Å²) in [7, 11) is 0. The minimum atomic E-state index is -0.0721. The van der Waals surface area contributed by atoms with Crippen molar-refractivity contribution in [3.8, 4) is 0 Å². The molecule has 1 aliphatic heterocycles. The Morgan fingerprint density at radius 2 is 2.00 bits per heavy atom. The van der Waals surface area contributed by atoms with E-state index in [-0.39, 0.29) is 23.8 Å². The van der Waals surface area contributed by atoms with Gasteiger partial charge in [0, 0.05) is 44.1 Å². The van der Waals surface area contributed by atoms with E-state index in [2.05, 4.69) is 17.6 Å². The van der Waals surface area contributed by atoms with Crippen LogP contribution < -0.4 is 10.6 Å². The second-order valence-electron chi connectivity index (χ2n) is 6.64. The Morgan fingerprint density at radius 1 is 1.29 bits per heavy atom. The number of piperazine rings is 1. The molecule has 0 spiro atoms. The SMILES string of the molecule is CC1CN(C(=O)CC(C)NC(=O)C2CCCCC2)CCN1. The fourth-order valence-electron chi connectivity index (χ4n) is 3.33. The summed E-state index contributed by atoms with van der Waals surface area (Å²) < 4.78 is 0. The van der Waals surface area contributed by atoms with Crippen LogP contribution in [0, 0.1) is 5.92 Å². The van der Waals surface area contributed by atoms with Gasteiger partial charge in [-0.15, -0.1) is 0 Å². The zero-order valence-corrected chi connectivity index (χ0v) is 13.4. The van der Waals surface area contributed by atoms with Crippen LogP contribution >= 0.6 is 0 Å². The molecule has 5 heteroatoms. The van der Waals surface area contributed by atoms with E-state index in [4.69, 9.17) is 0 Å². The van der Waals surface area contributed by atoms with E-state index in [1.807, 2.05) is 11.8 Å². The minimum absolute atomic E-state index is 0.0721. The summed E-state index contributed by atoms with van der Waals surface area (Å²) >= 11 is 0. The topological polar surface area (TPSA) is 61.4 Å². The Bertz CT molecular complexity index is 367. The Morgan fingerprint density at radius 3 is 2.67 bits per heavy atom. The van der Waals surface area contributed by atoms with Crippen LogP contribution in [-0.2, 0) is 9.59 Å². The monoisotopic (exact) mass is 295 g/mol. The van der Waals surface area contributed by atoms with Gasteiger partial charge in [-0.2, -0.15) is 0 Å². The summed E-state index contributed by atoms with van der Waals surface area (Å²) in [4.78, 5) is 26.3. The molecular weight excluding hydrogens is 266 g/mol. The number of nitrogens with zero attached hydrogens (tertiary/aromatic N) is 1. The zero-order chi connectivity index (χ0) is 15.2. The Labute approximate surface area is 127 Å². The predicted molar refractivity (Wildman–Crippen MR) is 82.8 cm³/mol. The van der Waals surface area contributed by atoms with Gasteiger partial charge in [0.2, 0.25) is 11.8 Å². The number of rotatable bonds is 4. The third kappa shape index (κ3) is 4.99. The molecule has 1 aliphatic carbocycles. The van der Waals surface area contributed by atoms with E-state index in [0.717, 1.165) is 45.3 Å². The molecule has 1 saturated heterocycles. The summed E-state index contributed by atoms with van der Waals surface area (Å²) in [5.74, 6) is 0.457. The van der Waals surface area contributed by atoms with Gasteiger partial charge >= 0.3 is 0 Å². The summed E-state index contributed by atoms with van der Waals surface area (Å²) in [6, 6.07) is 0.284. The Hall–Kier alpha value is -1.10. The molecule has 2 unspecified atom stereocenters. The van der Waals surface area contributed by atoms with Crippen molar-refractivity contribution in [2.45, 2.75) is 64.5 Å². The standard InChI is InChI=1S/C16H29N3O2/c1-12(18-16(21)14-6-4-3-5-7-14)10-15(20)19-9-8-17-13(2)11-19/h12-14,17H,3-11H2,1-2H3,(H,18,21). The third-order valence-electron chi connectivity index (χ3n) is 4.57. The zero-order valence-electron chi connectivity index (χ0n) is 13.4. The summed E-state index contributed by atoms with van der Waals surface area (Å²) in [6.45, 7) is 6.42. The molecule has 120 valence electrons. The summed E-state index contributed by atoms with van der Waals surface area (Å²) in [5.41, 5.74) is 0. The van der Waals surface area contributed by atoms with Crippen molar-refractivity contribution in [3.63, 3.8) is 0 Å². The van der Waals surface area contributed by atoms with Crippen LogP contribution in [0.15, 0.2) is 0 Å². The van der Waals surface area contributed by atoms with E-state index in [1.165, 1.54) is 6.42 Å². The molecule has 0 aromatic heterocycles. The van der Waals surface area contributed by atoms with E-state index < -0.39 is 0 Å². The Balaban J connectivity index is 1.74. The molecule has 2 amide bonds. The van der Waals surface area contributed by atoms with Crippen molar-refractivity contribution in [2.75, 3.05) is 19.6 Å². The van der Waals surface area contributed by atoms with Crippen LogP contribution in [0.3, 0.4) is 0 Å². The maximum Gasteiger partial charge on any atom is 0.224 e. The third-order valence-corrected chi connectivity index (χ3v) is 4.57. The molecular formula is C16H29N3O2. The van der Waals surface area contributed by atoms with Gasteiger partial charge in [0.1, 0.15) is 0 Å². The van der Waals surface area contributed by atoms with Crippen LogP contribution in [0.5, 0.6) is 0 Å². The maximum atomic E-state index is 12.3. The fourth-order valence-corrected chi connectivity index (χ4v) is 3.33. The van der Waals surface area contributed by atoms with Crippen molar-refractivity contribution in [1.82, 2.24) is 15.5 Å². The first kappa shape index (κ1) is 16.3. The molecule has 1 heterocycles. The highest BCUT2D eigenvalue weighted by Gasteiger charge is 2.25. The number of carbonyl (C=O) groups is 2. The lowest BCUT2D eigenvalue weighted by Crippen LogP contribution is -2.52. The van der Waals surface area contributed by atoms with Crippen LogP contribution in [0.4, 0.5) is 0 Å². The number of hydrogen-bond donors (Lipinski definition) is 2. The van der Waals surface area contributed by atoms with E-state index in [0.29, 0.717) is 12.5 Å². The molecule has 2 fully saturated rings. The van der Waals surface area contributed by atoms with Crippen LogP contribution in [0.25, 0.3) is 0 Å². The van der Waals surface area contributed by atoms with Crippen molar-refractivity contribution >= 4 is 11.8 Å². The lowest BCUT2D eigenvalue weighted by Gasteiger charge is -2.33. The molecule has 2 atom stereocenters. The molecule has 0 bridgehead atoms. The molecule has 0 aromatic carbocycles. The van der Waals surface area contributed by atoms with Gasteiger partial charge in [0.05, 0.1) is 0 Å². The van der Waals surface area contributed by atoms with Crippen LogP contribution in [0.1, 0.15) is 52.4 Å². The smallest absolute Gasteiger partial charge is 0.224 e. The molecule has 2 rings (SSSR count). The van der Waals surface area contributed by atoms with Gasteiger partial charge in [-0.3, -0.25) is 9.59 Å². The fraction of sp³-hybridized carbons (Fsp3) is 0.875. The molecule has 5 nitrogen and oxygen atoms in total. The average molecular weight is 295 g/mol. The van der Waals surface area contributed by atoms with Crippen LogP contribution in [-0.4, -0.2) is 48.4 Å². The highest BCUT2D eigenvalue weighted by molar-refractivity contribution is 5.81. The van der Waals surface area contributed by atoms with Gasteiger partial charge < -0.3 is 15.5 Å². The summed E-state index contributed by atoms with van der Waals surface area (Å²) in [6.07, 6.45) is 5.97. The Kier molecular flexibility index (Phi) is 6.03. The molecule has 2 aliphatic rings. The minimum Gasteiger partial charge on any atom is -0.353 e. The summed E-state index contributed by atoms with van der Waals surface area (Å²) in [5, 5.41) is 6.36. The molecule has 0 radical (unpaired) electrons. The quantitative estimate of drug-likeness (QED) is 0.821. The van der Waals surface area contributed by atoms with E-state index >= 15 is 0 Å². The second-order valence-corrected chi connectivity index (χ2v) is 6.64. The van der Waals surface area contributed by atoms with Crippen molar-refractivity contribution in [1.29, 1.82) is 0 Å². The second kappa shape index (κ2) is 7.78. The highest BCUT2D eigenvalue weighted by Crippen LogP contribution is 2.23. The van der Waals surface area contributed by atoms with Crippen molar-refractivity contribution < 1.29 is 9.59 Å². The van der Waals surface area contributed by atoms with Crippen molar-refractivity contribution in [3.05, 3.63) is 0 Å².